The number of ether oxygens (including phenoxy) is 1. The summed E-state index contributed by atoms with van der Waals surface area (Å²) in [4.78, 5) is 23.8. The zero-order valence-electron chi connectivity index (χ0n) is 11.4. The highest BCUT2D eigenvalue weighted by Gasteiger charge is 2.15. The summed E-state index contributed by atoms with van der Waals surface area (Å²) in [7, 11) is 1.50. The van der Waals surface area contributed by atoms with Crippen LogP contribution in [0.5, 0.6) is 5.75 Å². The van der Waals surface area contributed by atoms with E-state index in [9.17, 15) is 14.7 Å². The van der Waals surface area contributed by atoms with Gasteiger partial charge < -0.3 is 14.4 Å². The minimum absolute atomic E-state index is 0.124. The first-order valence-corrected chi connectivity index (χ1v) is 6.43. The molecule has 2 aromatic carbocycles. The van der Waals surface area contributed by atoms with E-state index >= 15 is 0 Å². The molecule has 0 bridgehead atoms. The van der Waals surface area contributed by atoms with Crippen LogP contribution in [0.4, 0.5) is 0 Å². The van der Waals surface area contributed by atoms with E-state index in [1.54, 1.807) is 47.0 Å². The topological polar surface area (TPSA) is 68.5 Å². The molecule has 0 amide bonds. The highest BCUT2D eigenvalue weighted by molar-refractivity contribution is 5.97. The fourth-order valence-corrected chi connectivity index (χ4v) is 2.61. The summed E-state index contributed by atoms with van der Waals surface area (Å²) >= 11 is 0. The zero-order valence-corrected chi connectivity index (χ0v) is 11.4. The van der Waals surface area contributed by atoms with E-state index in [2.05, 4.69) is 0 Å². The third-order valence-corrected chi connectivity index (χ3v) is 3.47. The van der Waals surface area contributed by atoms with Crippen molar-refractivity contribution in [2.45, 2.75) is 6.54 Å². The Kier molecular flexibility index (Phi) is 3.10. The van der Waals surface area contributed by atoms with Crippen molar-refractivity contribution in [3.8, 4) is 5.75 Å². The molecule has 1 N–H and O–H groups in total. The molecule has 0 saturated heterocycles. The number of rotatable bonds is 3. The predicted octanol–water partition coefficient (Wildman–Crippen LogP) is 2.25. The van der Waals surface area contributed by atoms with Crippen LogP contribution in [0.15, 0.2) is 47.3 Å². The van der Waals surface area contributed by atoms with Gasteiger partial charge in [0, 0.05) is 5.39 Å². The lowest BCUT2D eigenvalue weighted by molar-refractivity contribution is -0.137. The summed E-state index contributed by atoms with van der Waals surface area (Å²) in [5.41, 5.74) is 0.967. The first kappa shape index (κ1) is 13.2. The molecule has 1 heterocycles. The van der Waals surface area contributed by atoms with Gasteiger partial charge in [0.1, 0.15) is 12.3 Å². The maximum Gasteiger partial charge on any atom is 0.323 e. The van der Waals surface area contributed by atoms with E-state index in [0.29, 0.717) is 27.6 Å². The van der Waals surface area contributed by atoms with E-state index in [4.69, 9.17) is 4.74 Å². The van der Waals surface area contributed by atoms with Gasteiger partial charge in [-0.3, -0.25) is 9.59 Å². The predicted molar refractivity (Wildman–Crippen MR) is 79.9 cm³/mol. The number of carbonyl (C=O) groups is 1. The number of pyridine rings is 1. The number of hydrogen-bond acceptors (Lipinski definition) is 3. The summed E-state index contributed by atoms with van der Waals surface area (Å²) in [6.07, 6.45) is 0. The maximum absolute atomic E-state index is 12.6. The average Bonchev–Trinajstić information content (AvgIpc) is 2.50. The number of fused-ring (bicyclic) bond motifs is 2. The van der Waals surface area contributed by atoms with Crippen molar-refractivity contribution in [3.63, 3.8) is 0 Å². The van der Waals surface area contributed by atoms with Gasteiger partial charge in [0.05, 0.1) is 23.5 Å². The van der Waals surface area contributed by atoms with Gasteiger partial charge in [0.2, 0.25) is 0 Å². The number of carboxylic acids is 1. The number of hydrogen-bond donors (Lipinski definition) is 1. The van der Waals surface area contributed by atoms with Gasteiger partial charge in [-0.1, -0.05) is 18.2 Å². The van der Waals surface area contributed by atoms with E-state index < -0.39 is 5.97 Å². The molecule has 0 fully saturated rings. The standard InChI is InChI=1S/C16H13NO4/c1-21-13-8-4-6-11-15(13)17(9-14(18)19)12-7-3-2-5-10(12)16(11)20/h2-8H,9H2,1H3,(H,18,19). The maximum atomic E-state index is 12.6. The lowest BCUT2D eigenvalue weighted by Gasteiger charge is -2.15. The molecule has 1 aromatic heterocycles. The van der Waals surface area contributed by atoms with E-state index in [-0.39, 0.29) is 12.0 Å². The molecule has 106 valence electrons. The molecular formula is C16H13NO4. The van der Waals surface area contributed by atoms with Crippen LogP contribution in [0, 0.1) is 0 Å². The van der Waals surface area contributed by atoms with Crippen molar-refractivity contribution in [3.05, 3.63) is 52.7 Å². The Morgan fingerprint density at radius 3 is 2.57 bits per heavy atom. The second kappa shape index (κ2) is 4.94. The first-order chi connectivity index (χ1) is 10.1. The quantitative estimate of drug-likeness (QED) is 0.748. The summed E-state index contributed by atoms with van der Waals surface area (Å²) in [5.74, 6) is -0.493. The summed E-state index contributed by atoms with van der Waals surface area (Å²) in [6.45, 7) is -0.238. The van der Waals surface area contributed by atoms with Crippen molar-refractivity contribution >= 4 is 27.8 Å². The molecule has 3 rings (SSSR count). The second-order valence-electron chi connectivity index (χ2n) is 4.68. The number of carboxylic acid groups (broad SMARTS) is 1. The molecule has 0 aliphatic carbocycles. The van der Waals surface area contributed by atoms with Crippen LogP contribution < -0.4 is 10.2 Å². The minimum Gasteiger partial charge on any atom is -0.495 e. The highest BCUT2D eigenvalue weighted by atomic mass is 16.5. The number of methoxy groups -OCH3 is 1. The first-order valence-electron chi connectivity index (χ1n) is 6.43. The Bertz CT molecular complexity index is 911. The van der Waals surface area contributed by atoms with Gasteiger partial charge in [0.25, 0.3) is 0 Å². The zero-order chi connectivity index (χ0) is 15.0. The van der Waals surface area contributed by atoms with Gasteiger partial charge >= 0.3 is 5.97 Å². The Morgan fingerprint density at radius 1 is 1.14 bits per heavy atom. The van der Waals surface area contributed by atoms with E-state index in [1.807, 2.05) is 0 Å². The Balaban J connectivity index is 2.59. The van der Waals surface area contributed by atoms with Crippen LogP contribution in [0.2, 0.25) is 0 Å². The van der Waals surface area contributed by atoms with Crippen molar-refractivity contribution in [1.29, 1.82) is 0 Å². The van der Waals surface area contributed by atoms with Gasteiger partial charge in [-0.15, -0.1) is 0 Å². The van der Waals surface area contributed by atoms with Crippen molar-refractivity contribution in [2.75, 3.05) is 7.11 Å². The third kappa shape index (κ3) is 2.03. The molecule has 5 heteroatoms. The summed E-state index contributed by atoms with van der Waals surface area (Å²) in [5, 5.41) is 10.1. The van der Waals surface area contributed by atoms with Gasteiger partial charge in [-0.05, 0) is 24.3 Å². The monoisotopic (exact) mass is 283 g/mol. The number of benzene rings is 2. The molecule has 0 aliphatic rings. The van der Waals surface area contributed by atoms with Crippen LogP contribution >= 0.6 is 0 Å². The van der Waals surface area contributed by atoms with Crippen molar-refractivity contribution in [2.24, 2.45) is 0 Å². The van der Waals surface area contributed by atoms with Crippen molar-refractivity contribution < 1.29 is 14.6 Å². The molecule has 0 unspecified atom stereocenters. The third-order valence-electron chi connectivity index (χ3n) is 3.47. The fraction of sp³-hybridized carbons (Fsp3) is 0.125. The molecule has 0 saturated carbocycles. The molecule has 0 aliphatic heterocycles. The van der Waals surface area contributed by atoms with Crippen LogP contribution in [0.1, 0.15) is 0 Å². The SMILES string of the molecule is COc1cccc2c(=O)c3ccccc3n(CC(=O)O)c12. The van der Waals surface area contributed by atoms with Crippen LogP contribution in [0.3, 0.4) is 0 Å². The fourth-order valence-electron chi connectivity index (χ4n) is 2.61. The smallest absolute Gasteiger partial charge is 0.323 e. The number of nitrogens with zero attached hydrogens (tertiary/aromatic N) is 1. The number of para-hydroxylation sites is 2. The Labute approximate surface area is 120 Å². The van der Waals surface area contributed by atoms with E-state index in [0.717, 1.165) is 0 Å². The Morgan fingerprint density at radius 2 is 1.86 bits per heavy atom. The second-order valence-corrected chi connectivity index (χ2v) is 4.68. The van der Waals surface area contributed by atoms with Gasteiger partial charge in [0.15, 0.2) is 5.43 Å². The van der Waals surface area contributed by atoms with Crippen LogP contribution in [-0.2, 0) is 11.3 Å². The van der Waals surface area contributed by atoms with Crippen LogP contribution in [0.25, 0.3) is 21.8 Å². The van der Waals surface area contributed by atoms with Gasteiger partial charge in [-0.25, -0.2) is 0 Å². The molecule has 5 nitrogen and oxygen atoms in total. The number of aliphatic carboxylic acids is 1. The lowest BCUT2D eigenvalue weighted by atomic mass is 10.1. The molecule has 0 radical (unpaired) electrons. The minimum atomic E-state index is -0.976. The highest BCUT2D eigenvalue weighted by Crippen LogP contribution is 2.27. The average molecular weight is 283 g/mol. The largest absolute Gasteiger partial charge is 0.495 e. The Hall–Kier alpha value is -2.82. The molecule has 0 atom stereocenters. The van der Waals surface area contributed by atoms with Crippen molar-refractivity contribution in [1.82, 2.24) is 4.57 Å². The molecular weight excluding hydrogens is 270 g/mol. The normalized spacial score (nSPS) is 10.9. The van der Waals surface area contributed by atoms with E-state index in [1.165, 1.54) is 7.11 Å². The molecule has 0 spiro atoms. The summed E-state index contributed by atoms with van der Waals surface area (Å²) < 4.78 is 6.91. The molecule has 21 heavy (non-hydrogen) atoms. The number of aromatic nitrogens is 1. The summed E-state index contributed by atoms with van der Waals surface area (Å²) in [6, 6.07) is 12.1. The lowest BCUT2D eigenvalue weighted by Crippen LogP contribution is -2.16. The van der Waals surface area contributed by atoms with Crippen LogP contribution in [-0.4, -0.2) is 22.8 Å². The van der Waals surface area contributed by atoms with Gasteiger partial charge in [-0.2, -0.15) is 0 Å². The molecule has 3 aromatic rings.